The van der Waals surface area contributed by atoms with Crippen LogP contribution in [0.15, 0.2) is 30.3 Å². The van der Waals surface area contributed by atoms with Crippen molar-refractivity contribution >= 4 is 0 Å². The molecule has 1 fully saturated rings. The van der Waals surface area contributed by atoms with Crippen LogP contribution in [0.2, 0.25) is 0 Å². The number of rotatable bonds is 4. The molecule has 0 bridgehead atoms. The molecule has 2 heteroatoms. The molecule has 1 aliphatic rings. The molecule has 1 aromatic rings. The van der Waals surface area contributed by atoms with Crippen molar-refractivity contribution in [2.75, 3.05) is 19.6 Å². The largest absolute Gasteiger partial charge is 0.327 e. The zero-order valence-electron chi connectivity index (χ0n) is 10.8. The van der Waals surface area contributed by atoms with Crippen molar-refractivity contribution in [2.45, 2.75) is 32.2 Å². The lowest BCUT2D eigenvalue weighted by molar-refractivity contribution is 0.155. The third kappa shape index (κ3) is 3.55. The lowest BCUT2D eigenvalue weighted by atomic mass is 9.87. The average Bonchev–Trinajstić information content (AvgIpc) is 2.35. The van der Waals surface area contributed by atoms with Crippen LogP contribution in [0.4, 0.5) is 0 Å². The number of hydrogen-bond acceptors (Lipinski definition) is 2. The van der Waals surface area contributed by atoms with Crippen LogP contribution in [0.1, 0.15) is 25.3 Å². The van der Waals surface area contributed by atoms with Crippen LogP contribution in [0, 0.1) is 5.92 Å². The summed E-state index contributed by atoms with van der Waals surface area (Å²) in [5, 5.41) is 0. The molecular weight excluding hydrogens is 208 g/mol. The van der Waals surface area contributed by atoms with Gasteiger partial charge in [0, 0.05) is 12.6 Å². The van der Waals surface area contributed by atoms with Gasteiger partial charge in [-0.25, -0.2) is 0 Å². The van der Waals surface area contributed by atoms with Gasteiger partial charge in [-0.1, -0.05) is 37.3 Å². The maximum absolute atomic E-state index is 6.26. The third-order valence-electron chi connectivity index (χ3n) is 3.76. The summed E-state index contributed by atoms with van der Waals surface area (Å²) in [7, 11) is 0. The van der Waals surface area contributed by atoms with E-state index in [-0.39, 0.29) is 0 Å². The second-order valence-corrected chi connectivity index (χ2v) is 5.20. The standard InChI is InChI=1S/C15H24N2/c1-2-9-17-10-8-15(16)14(12-17)11-13-6-4-3-5-7-13/h3-7,14-15H,2,8-12,16H2,1H3/t14-,15-/m1/s1. The van der Waals surface area contributed by atoms with Gasteiger partial charge >= 0.3 is 0 Å². The van der Waals surface area contributed by atoms with E-state index in [2.05, 4.69) is 42.2 Å². The molecule has 2 atom stereocenters. The first-order valence-corrected chi connectivity index (χ1v) is 6.81. The van der Waals surface area contributed by atoms with Crippen LogP contribution in [-0.4, -0.2) is 30.6 Å². The summed E-state index contributed by atoms with van der Waals surface area (Å²) in [6, 6.07) is 11.1. The zero-order valence-corrected chi connectivity index (χ0v) is 10.8. The molecule has 0 aliphatic carbocycles. The average molecular weight is 232 g/mol. The summed E-state index contributed by atoms with van der Waals surface area (Å²) in [4.78, 5) is 2.57. The monoisotopic (exact) mass is 232 g/mol. The van der Waals surface area contributed by atoms with Crippen LogP contribution in [0.25, 0.3) is 0 Å². The van der Waals surface area contributed by atoms with Crippen molar-refractivity contribution in [2.24, 2.45) is 11.7 Å². The van der Waals surface area contributed by atoms with E-state index in [1.54, 1.807) is 0 Å². The summed E-state index contributed by atoms with van der Waals surface area (Å²) in [6.07, 6.45) is 3.52. The molecular formula is C15H24N2. The van der Waals surface area contributed by atoms with Gasteiger partial charge in [0.2, 0.25) is 0 Å². The number of benzene rings is 1. The molecule has 1 saturated heterocycles. The fraction of sp³-hybridized carbons (Fsp3) is 0.600. The van der Waals surface area contributed by atoms with Gasteiger partial charge in [0.15, 0.2) is 0 Å². The topological polar surface area (TPSA) is 29.3 Å². The van der Waals surface area contributed by atoms with Crippen molar-refractivity contribution in [3.8, 4) is 0 Å². The van der Waals surface area contributed by atoms with E-state index in [1.165, 1.54) is 31.6 Å². The highest BCUT2D eigenvalue weighted by Crippen LogP contribution is 2.20. The first kappa shape index (κ1) is 12.6. The number of nitrogens with zero attached hydrogens (tertiary/aromatic N) is 1. The van der Waals surface area contributed by atoms with E-state index >= 15 is 0 Å². The molecule has 1 aliphatic heterocycles. The van der Waals surface area contributed by atoms with E-state index < -0.39 is 0 Å². The fourth-order valence-corrected chi connectivity index (χ4v) is 2.78. The van der Waals surface area contributed by atoms with Crippen LogP contribution in [-0.2, 0) is 6.42 Å². The fourth-order valence-electron chi connectivity index (χ4n) is 2.78. The first-order valence-electron chi connectivity index (χ1n) is 6.81. The highest BCUT2D eigenvalue weighted by Gasteiger charge is 2.26. The summed E-state index contributed by atoms with van der Waals surface area (Å²) in [5.41, 5.74) is 7.68. The smallest absolute Gasteiger partial charge is 0.00947 e. The highest BCUT2D eigenvalue weighted by atomic mass is 15.1. The van der Waals surface area contributed by atoms with Crippen LogP contribution < -0.4 is 5.73 Å². The Bertz CT molecular complexity index is 323. The van der Waals surface area contributed by atoms with E-state index in [4.69, 9.17) is 5.73 Å². The van der Waals surface area contributed by atoms with E-state index in [1.807, 2.05) is 0 Å². The van der Waals surface area contributed by atoms with Gasteiger partial charge in [-0.2, -0.15) is 0 Å². The number of hydrogen-bond donors (Lipinski definition) is 1. The molecule has 0 spiro atoms. The molecule has 17 heavy (non-hydrogen) atoms. The lowest BCUT2D eigenvalue weighted by Gasteiger charge is -2.37. The van der Waals surface area contributed by atoms with Crippen LogP contribution in [0.3, 0.4) is 0 Å². The second kappa shape index (κ2) is 6.18. The minimum atomic E-state index is 0.378. The predicted molar refractivity (Wildman–Crippen MR) is 73.0 cm³/mol. The maximum Gasteiger partial charge on any atom is 0.00947 e. The number of piperidine rings is 1. The summed E-state index contributed by atoms with van der Waals surface area (Å²) >= 11 is 0. The molecule has 1 aromatic carbocycles. The second-order valence-electron chi connectivity index (χ2n) is 5.20. The normalized spacial score (nSPS) is 26.0. The number of likely N-dealkylation sites (tertiary alicyclic amines) is 1. The maximum atomic E-state index is 6.26. The molecule has 2 N–H and O–H groups in total. The van der Waals surface area contributed by atoms with Crippen molar-refractivity contribution in [3.05, 3.63) is 35.9 Å². The van der Waals surface area contributed by atoms with E-state index in [9.17, 15) is 0 Å². The molecule has 0 saturated carbocycles. The van der Waals surface area contributed by atoms with Gasteiger partial charge < -0.3 is 10.6 Å². The molecule has 0 aromatic heterocycles. The Hall–Kier alpha value is -0.860. The van der Waals surface area contributed by atoms with Gasteiger partial charge in [-0.05, 0) is 43.8 Å². The SMILES string of the molecule is CCCN1CC[C@@H](N)[C@H](Cc2ccccc2)C1. The lowest BCUT2D eigenvalue weighted by Crippen LogP contribution is -2.48. The van der Waals surface area contributed by atoms with Gasteiger partial charge in [0.25, 0.3) is 0 Å². The van der Waals surface area contributed by atoms with Gasteiger partial charge in [0.1, 0.15) is 0 Å². The zero-order chi connectivity index (χ0) is 12.1. The van der Waals surface area contributed by atoms with Crippen molar-refractivity contribution in [1.29, 1.82) is 0 Å². The van der Waals surface area contributed by atoms with Crippen LogP contribution >= 0.6 is 0 Å². The minimum Gasteiger partial charge on any atom is -0.327 e. The molecule has 2 rings (SSSR count). The van der Waals surface area contributed by atoms with Crippen molar-refractivity contribution in [3.63, 3.8) is 0 Å². The minimum absolute atomic E-state index is 0.378. The Kier molecular flexibility index (Phi) is 4.57. The Morgan fingerprint density at radius 3 is 2.76 bits per heavy atom. The summed E-state index contributed by atoms with van der Waals surface area (Å²) < 4.78 is 0. The van der Waals surface area contributed by atoms with Crippen molar-refractivity contribution in [1.82, 2.24) is 4.90 Å². The van der Waals surface area contributed by atoms with Crippen molar-refractivity contribution < 1.29 is 0 Å². The molecule has 0 amide bonds. The van der Waals surface area contributed by atoms with Gasteiger partial charge in [0.05, 0.1) is 0 Å². The molecule has 1 heterocycles. The summed E-state index contributed by atoms with van der Waals surface area (Å²) in [5.74, 6) is 0.623. The Balaban J connectivity index is 1.94. The predicted octanol–water partition coefficient (Wildman–Crippen LogP) is 2.29. The van der Waals surface area contributed by atoms with Gasteiger partial charge in [-0.15, -0.1) is 0 Å². The third-order valence-corrected chi connectivity index (χ3v) is 3.76. The Morgan fingerprint density at radius 1 is 1.29 bits per heavy atom. The van der Waals surface area contributed by atoms with E-state index in [0.717, 1.165) is 12.8 Å². The molecule has 0 unspecified atom stereocenters. The molecule has 0 radical (unpaired) electrons. The Labute approximate surface area is 105 Å². The van der Waals surface area contributed by atoms with Crippen LogP contribution in [0.5, 0.6) is 0 Å². The first-order chi connectivity index (χ1) is 8.29. The Morgan fingerprint density at radius 2 is 2.06 bits per heavy atom. The number of nitrogens with two attached hydrogens (primary N) is 1. The van der Waals surface area contributed by atoms with E-state index in [0.29, 0.717) is 12.0 Å². The molecule has 2 nitrogen and oxygen atoms in total. The quantitative estimate of drug-likeness (QED) is 0.863. The summed E-state index contributed by atoms with van der Waals surface area (Å²) in [6.45, 7) is 5.82. The van der Waals surface area contributed by atoms with Gasteiger partial charge in [-0.3, -0.25) is 0 Å². The molecule has 94 valence electrons. The highest BCUT2D eigenvalue weighted by molar-refractivity contribution is 5.16.